The molecule has 3 atom stereocenters. The molecule has 1 aromatic carbocycles. The van der Waals surface area contributed by atoms with Crippen LogP contribution in [0, 0.1) is 11.8 Å². The first-order valence-corrected chi connectivity index (χ1v) is 7.52. The molecule has 2 rings (SSSR count). The molecule has 1 N–H and O–H groups in total. The normalized spacial score (nSPS) is 31.2. The second-order valence-electron chi connectivity index (χ2n) is 6.05. The Kier molecular flexibility index (Phi) is 4.51. The first kappa shape index (κ1) is 14.4. The van der Waals surface area contributed by atoms with Gasteiger partial charge in [-0.25, -0.2) is 0 Å². The van der Waals surface area contributed by atoms with Crippen molar-refractivity contribution in [3.63, 3.8) is 0 Å². The predicted molar refractivity (Wildman–Crippen MR) is 78.3 cm³/mol. The molecule has 1 fully saturated rings. The zero-order chi connectivity index (χ0) is 13.9. The van der Waals surface area contributed by atoms with Crippen molar-refractivity contribution in [2.75, 3.05) is 6.61 Å². The van der Waals surface area contributed by atoms with E-state index in [1.54, 1.807) is 0 Å². The van der Waals surface area contributed by atoms with Crippen LogP contribution in [-0.2, 0) is 5.60 Å². The SMILES string of the molecule is CCCOc1ccccc1C1(O)CCC(C)CC1C. The molecule has 3 unspecified atom stereocenters. The Hall–Kier alpha value is -1.02. The Morgan fingerprint density at radius 3 is 2.74 bits per heavy atom. The molecule has 0 spiro atoms. The van der Waals surface area contributed by atoms with Crippen LogP contribution < -0.4 is 4.74 Å². The minimum Gasteiger partial charge on any atom is -0.493 e. The Balaban J connectivity index is 2.29. The summed E-state index contributed by atoms with van der Waals surface area (Å²) in [5, 5.41) is 11.1. The summed E-state index contributed by atoms with van der Waals surface area (Å²) in [5.74, 6) is 1.84. The van der Waals surface area contributed by atoms with Gasteiger partial charge in [0.05, 0.1) is 12.2 Å². The third kappa shape index (κ3) is 2.94. The maximum absolute atomic E-state index is 11.1. The molecular weight excluding hydrogens is 236 g/mol. The summed E-state index contributed by atoms with van der Waals surface area (Å²) in [6.07, 6.45) is 3.99. The van der Waals surface area contributed by atoms with Gasteiger partial charge in [0.15, 0.2) is 0 Å². The number of rotatable bonds is 4. The largest absolute Gasteiger partial charge is 0.493 e. The minimum absolute atomic E-state index is 0.280. The van der Waals surface area contributed by atoms with Gasteiger partial charge in [-0.15, -0.1) is 0 Å². The van der Waals surface area contributed by atoms with Gasteiger partial charge >= 0.3 is 0 Å². The molecule has 0 bridgehead atoms. The summed E-state index contributed by atoms with van der Waals surface area (Å²) in [6, 6.07) is 7.98. The topological polar surface area (TPSA) is 29.5 Å². The zero-order valence-corrected chi connectivity index (χ0v) is 12.4. The Bertz CT molecular complexity index is 415. The van der Waals surface area contributed by atoms with Gasteiger partial charge in [-0.1, -0.05) is 39.0 Å². The molecule has 0 aliphatic heterocycles. The summed E-state index contributed by atoms with van der Waals surface area (Å²) in [7, 11) is 0. The molecule has 0 saturated heterocycles. The fraction of sp³-hybridized carbons (Fsp3) is 0.647. The van der Waals surface area contributed by atoms with E-state index in [1.807, 2.05) is 24.3 Å². The van der Waals surface area contributed by atoms with E-state index in [2.05, 4.69) is 20.8 Å². The highest BCUT2D eigenvalue weighted by Crippen LogP contribution is 2.46. The smallest absolute Gasteiger partial charge is 0.125 e. The highest BCUT2D eigenvalue weighted by molar-refractivity contribution is 5.38. The molecule has 106 valence electrons. The molecule has 19 heavy (non-hydrogen) atoms. The summed E-state index contributed by atoms with van der Waals surface area (Å²) in [6.45, 7) is 7.24. The molecule has 0 aromatic heterocycles. The average Bonchev–Trinajstić information content (AvgIpc) is 2.41. The lowest BCUT2D eigenvalue weighted by Gasteiger charge is -2.41. The van der Waals surface area contributed by atoms with Gasteiger partial charge in [0, 0.05) is 5.56 Å². The lowest BCUT2D eigenvalue weighted by molar-refractivity contribution is -0.0604. The fourth-order valence-corrected chi connectivity index (χ4v) is 3.19. The third-order valence-electron chi connectivity index (χ3n) is 4.40. The number of ether oxygens (including phenoxy) is 1. The van der Waals surface area contributed by atoms with Crippen LogP contribution in [0.5, 0.6) is 5.75 Å². The third-order valence-corrected chi connectivity index (χ3v) is 4.40. The monoisotopic (exact) mass is 262 g/mol. The van der Waals surface area contributed by atoms with Crippen LogP contribution >= 0.6 is 0 Å². The van der Waals surface area contributed by atoms with Crippen molar-refractivity contribution in [1.29, 1.82) is 0 Å². The van der Waals surface area contributed by atoms with E-state index in [-0.39, 0.29) is 5.92 Å². The maximum Gasteiger partial charge on any atom is 0.125 e. The van der Waals surface area contributed by atoms with E-state index in [9.17, 15) is 5.11 Å². The molecular formula is C17H26O2. The molecule has 2 nitrogen and oxygen atoms in total. The second kappa shape index (κ2) is 5.96. The van der Waals surface area contributed by atoms with Crippen LogP contribution in [0.4, 0.5) is 0 Å². The van der Waals surface area contributed by atoms with Crippen molar-refractivity contribution in [3.05, 3.63) is 29.8 Å². The number of benzene rings is 1. The number of para-hydroxylation sites is 1. The van der Waals surface area contributed by atoms with Crippen molar-refractivity contribution >= 4 is 0 Å². The van der Waals surface area contributed by atoms with E-state index in [1.165, 1.54) is 0 Å². The maximum atomic E-state index is 11.1. The van der Waals surface area contributed by atoms with Crippen molar-refractivity contribution in [2.24, 2.45) is 11.8 Å². The first-order valence-electron chi connectivity index (χ1n) is 7.52. The quantitative estimate of drug-likeness (QED) is 0.884. The second-order valence-corrected chi connectivity index (χ2v) is 6.05. The molecule has 1 aliphatic carbocycles. The van der Waals surface area contributed by atoms with Crippen molar-refractivity contribution in [1.82, 2.24) is 0 Å². The summed E-state index contributed by atoms with van der Waals surface area (Å²) >= 11 is 0. The molecule has 1 saturated carbocycles. The van der Waals surface area contributed by atoms with Gasteiger partial charge in [-0.3, -0.25) is 0 Å². The van der Waals surface area contributed by atoms with E-state index in [0.717, 1.165) is 37.0 Å². The molecule has 1 aromatic rings. The molecule has 2 heteroatoms. The van der Waals surface area contributed by atoms with Gasteiger partial charge in [0.1, 0.15) is 5.75 Å². The standard InChI is InChI=1S/C17H26O2/c1-4-11-19-16-8-6-5-7-15(16)17(18)10-9-13(2)12-14(17)3/h5-8,13-14,18H,4,9-12H2,1-3H3. The van der Waals surface area contributed by atoms with Crippen molar-refractivity contribution in [2.45, 2.75) is 52.1 Å². The average molecular weight is 262 g/mol. The van der Waals surface area contributed by atoms with E-state index < -0.39 is 5.60 Å². The highest BCUT2D eigenvalue weighted by Gasteiger charge is 2.41. The predicted octanol–water partition coefficient (Wildman–Crippen LogP) is 4.12. The van der Waals surface area contributed by atoms with Gasteiger partial charge in [-0.2, -0.15) is 0 Å². The van der Waals surface area contributed by atoms with E-state index in [0.29, 0.717) is 12.5 Å². The zero-order valence-electron chi connectivity index (χ0n) is 12.4. The lowest BCUT2D eigenvalue weighted by Crippen LogP contribution is -2.38. The van der Waals surface area contributed by atoms with Gasteiger partial charge in [0.2, 0.25) is 0 Å². The van der Waals surface area contributed by atoms with Gasteiger partial charge < -0.3 is 9.84 Å². The van der Waals surface area contributed by atoms with E-state index in [4.69, 9.17) is 4.74 Å². The summed E-state index contributed by atoms with van der Waals surface area (Å²) in [5.41, 5.74) is 0.250. The Morgan fingerprint density at radius 1 is 1.32 bits per heavy atom. The number of aliphatic hydroxyl groups is 1. The van der Waals surface area contributed by atoms with Crippen LogP contribution in [0.25, 0.3) is 0 Å². The van der Waals surface area contributed by atoms with Crippen molar-refractivity contribution < 1.29 is 9.84 Å². The van der Waals surface area contributed by atoms with Crippen LogP contribution in [0.15, 0.2) is 24.3 Å². The Labute approximate surface area is 116 Å². The molecule has 1 aliphatic rings. The number of hydrogen-bond donors (Lipinski definition) is 1. The molecule has 0 amide bonds. The molecule has 0 radical (unpaired) electrons. The van der Waals surface area contributed by atoms with Crippen LogP contribution in [-0.4, -0.2) is 11.7 Å². The number of hydrogen-bond acceptors (Lipinski definition) is 2. The summed E-state index contributed by atoms with van der Waals surface area (Å²) in [4.78, 5) is 0. The van der Waals surface area contributed by atoms with Crippen LogP contribution in [0.1, 0.15) is 52.0 Å². The van der Waals surface area contributed by atoms with Crippen LogP contribution in [0.2, 0.25) is 0 Å². The van der Waals surface area contributed by atoms with E-state index >= 15 is 0 Å². The lowest BCUT2D eigenvalue weighted by atomic mass is 9.69. The summed E-state index contributed by atoms with van der Waals surface area (Å²) < 4.78 is 5.82. The van der Waals surface area contributed by atoms with Gasteiger partial charge in [-0.05, 0) is 43.6 Å². The first-order chi connectivity index (χ1) is 9.08. The van der Waals surface area contributed by atoms with Crippen LogP contribution in [0.3, 0.4) is 0 Å². The minimum atomic E-state index is -0.725. The Morgan fingerprint density at radius 2 is 2.05 bits per heavy atom. The van der Waals surface area contributed by atoms with Crippen molar-refractivity contribution in [3.8, 4) is 5.75 Å². The fourth-order valence-electron chi connectivity index (χ4n) is 3.19. The van der Waals surface area contributed by atoms with Gasteiger partial charge in [0.25, 0.3) is 0 Å². The molecule has 0 heterocycles. The highest BCUT2D eigenvalue weighted by atomic mass is 16.5.